The maximum absolute atomic E-state index is 6.05. The second kappa shape index (κ2) is 64.2. The molecule has 0 radical (unpaired) electrons. The molecule has 0 spiro atoms. The molecule has 0 heterocycles. The molecule has 0 aromatic carbocycles. The van der Waals surface area contributed by atoms with Crippen molar-refractivity contribution in [1.82, 2.24) is 5.32 Å². The maximum atomic E-state index is 6.05. The van der Waals surface area contributed by atoms with Gasteiger partial charge in [0.15, 0.2) is 0 Å². The van der Waals surface area contributed by atoms with Crippen molar-refractivity contribution in [2.24, 2.45) is 22.5 Å². The van der Waals surface area contributed by atoms with Gasteiger partial charge in [0.25, 0.3) is 0 Å². The van der Waals surface area contributed by atoms with Crippen LogP contribution in [0.4, 0.5) is 0 Å². The molecule has 0 bridgehead atoms. The van der Waals surface area contributed by atoms with Crippen LogP contribution in [-0.4, -0.2) is 32.0 Å². The first-order valence-electron chi connectivity index (χ1n) is 17.5. The van der Waals surface area contributed by atoms with E-state index >= 15 is 0 Å². The van der Waals surface area contributed by atoms with E-state index < -0.39 is 0 Å². The second-order valence-electron chi connectivity index (χ2n) is 12.0. The SMILES string of the molecule is C.CC.CC.CC(C)(C)CC(N)CC(C)(C)C.CCCC.CCCCC.CCCCNCCCC.CCCON.CS. The van der Waals surface area contributed by atoms with E-state index in [0.29, 0.717) is 23.5 Å². The van der Waals surface area contributed by atoms with Crippen LogP contribution < -0.4 is 16.9 Å². The van der Waals surface area contributed by atoms with Crippen molar-refractivity contribution < 1.29 is 4.84 Å². The van der Waals surface area contributed by atoms with E-state index in [-0.39, 0.29) is 7.43 Å². The molecule has 0 aromatic rings. The predicted molar refractivity (Wildman–Crippen MR) is 209 cm³/mol. The lowest BCUT2D eigenvalue weighted by Gasteiger charge is -2.28. The highest BCUT2D eigenvalue weighted by Crippen LogP contribution is 2.27. The van der Waals surface area contributed by atoms with Crippen LogP contribution in [0.2, 0.25) is 0 Å². The van der Waals surface area contributed by atoms with Crippen LogP contribution >= 0.6 is 12.6 Å². The molecule has 270 valence electrons. The van der Waals surface area contributed by atoms with Gasteiger partial charge in [-0.3, -0.25) is 0 Å². The van der Waals surface area contributed by atoms with Gasteiger partial charge in [0.2, 0.25) is 0 Å². The minimum absolute atomic E-state index is 0. The zero-order chi connectivity index (χ0) is 34.6. The van der Waals surface area contributed by atoms with Gasteiger partial charge < -0.3 is 15.9 Å². The van der Waals surface area contributed by atoms with E-state index in [4.69, 9.17) is 5.73 Å². The van der Waals surface area contributed by atoms with Crippen molar-refractivity contribution >= 4 is 12.6 Å². The summed E-state index contributed by atoms with van der Waals surface area (Å²) in [6.07, 6.45) is 16.9. The molecule has 0 amide bonds. The van der Waals surface area contributed by atoms with Gasteiger partial charge in [-0.2, -0.15) is 12.6 Å². The van der Waals surface area contributed by atoms with Gasteiger partial charge in [0.1, 0.15) is 0 Å². The third-order valence-corrected chi connectivity index (χ3v) is 4.69. The van der Waals surface area contributed by atoms with Gasteiger partial charge in [0, 0.05) is 6.04 Å². The molecule has 5 N–H and O–H groups in total. The molecule has 0 unspecified atom stereocenters. The minimum atomic E-state index is 0. The molecule has 0 rings (SSSR count). The number of hydrogen-bond donors (Lipinski definition) is 4. The van der Waals surface area contributed by atoms with Crippen molar-refractivity contribution in [1.29, 1.82) is 0 Å². The molecule has 5 heteroatoms. The summed E-state index contributed by atoms with van der Waals surface area (Å²) in [5.41, 5.74) is 6.78. The Morgan fingerprint density at radius 3 is 0.976 bits per heavy atom. The summed E-state index contributed by atoms with van der Waals surface area (Å²) in [5.74, 6) is 4.64. The lowest BCUT2D eigenvalue weighted by molar-refractivity contribution is 0.138. The fourth-order valence-corrected chi connectivity index (χ4v) is 2.85. The van der Waals surface area contributed by atoms with Gasteiger partial charge in [-0.25, -0.2) is 5.90 Å². The van der Waals surface area contributed by atoms with E-state index in [1.165, 1.54) is 70.9 Å². The highest BCUT2D eigenvalue weighted by Gasteiger charge is 2.20. The summed E-state index contributed by atoms with van der Waals surface area (Å²) in [6, 6.07) is 0.352. The molecule has 0 aliphatic heterocycles. The lowest BCUT2D eigenvalue weighted by Crippen LogP contribution is -2.30. The molecule has 0 aromatic heterocycles. The van der Waals surface area contributed by atoms with Gasteiger partial charge in [0.05, 0.1) is 6.61 Å². The minimum Gasteiger partial charge on any atom is -0.328 e. The third kappa shape index (κ3) is 137. The summed E-state index contributed by atoms with van der Waals surface area (Å²) >= 11 is 3.53. The zero-order valence-electron chi connectivity index (χ0n) is 32.7. The van der Waals surface area contributed by atoms with Crippen LogP contribution in [0.5, 0.6) is 0 Å². The third-order valence-electron chi connectivity index (χ3n) is 4.69. The Hall–Kier alpha value is 0.190. The number of rotatable bonds is 13. The topological polar surface area (TPSA) is 73.3 Å². The second-order valence-corrected chi connectivity index (χ2v) is 12.0. The van der Waals surface area contributed by atoms with Gasteiger partial charge in [-0.1, -0.05) is 170 Å². The first kappa shape index (κ1) is 65.0. The summed E-state index contributed by atoms with van der Waals surface area (Å²) in [7, 11) is 0. The average molecular weight is 630 g/mol. The highest BCUT2D eigenvalue weighted by atomic mass is 32.1. The Morgan fingerprint density at radius 1 is 0.571 bits per heavy atom. The standard InChI is InChI=1S/C11H25N.C8H19N.C5H12.C4H10.C3H9NO.2C2H6.CH4S.CH4/c1-10(2,3)7-9(12)8-11(4,5)6;1-3-5-7-9-8-6-4-2;1-3-5-4-2;1-3-4-2;1-2-3-5-4;3*1-2;/h9H,7-8,12H2,1-6H3;9H,3-8H2,1-2H3;3-5H2,1-2H3;3-4H2,1-2H3;2-4H2,1H3;2*1-2H3;2H,1H3;1H4. The van der Waals surface area contributed by atoms with Crippen LogP contribution in [0.1, 0.15) is 202 Å². The van der Waals surface area contributed by atoms with Crippen molar-refractivity contribution in [3.8, 4) is 0 Å². The van der Waals surface area contributed by atoms with Crippen LogP contribution in [0.3, 0.4) is 0 Å². The average Bonchev–Trinajstić information content (AvgIpc) is 2.92. The summed E-state index contributed by atoms with van der Waals surface area (Å²) in [5, 5.41) is 3.39. The number of thiol groups is 1. The van der Waals surface area contributed by atoms with Crippen LogP contribution in [0.15, 0.2) is 0 Å². The molecule has 4 nitrogen and oxygen atoms in total. The van der Waals surface area contributed by atoms with Crippen LogP contribution in [0.25, 0.3) is 0 Å². The van der Waals surface area contributed by atoms with Crippen molar-refractivity contribution in [3.63, 3.8) is 0 Å². The quantitative estimate of drug-likeness (QED) is 0.0929. The molecular weight excluding hydrogens is 534 g/mol. The zero-order valence-corrected chi connectivity index (χ0v) is 33.6. The molecule has 0 atom stereocenters. The highest BCUT2D eigenvalue weighted by molar-refractivity contribution is 7.79. The number of nitrogens with one attached hydrogen (secondary N) is 1. The number of hydrogen-bond acceptors (Lipinski definition) is 5. The maximum Gasteiger partial charge on any atom is 0.0676 e. The fourth-order valence-electron chi connectivity index (χ4n) is 2.85. The van der Waals surface area contributed by atoms with E-state index in [0.717, 1.165) is 19.3 Å². The van der Waals surface area contributed by atoms with E-state index in [1.807, 2.05) is 34.6 Å². The smallest absolute Gasteiger partial charge is 0.0676 e. The molecule has 42 heavy (non-hydrogen) atoms. The van der Waals surface area contributed by atoms with E-state index in [9.17, 15) is 0 Å². The lowest BCUT2D eigenvalue weighted by atomic mass is 9.81. The van der Waals surface area contributed by atoms with Crippen LogP contribution in [-0.2, 0) is 4.84 Å². The van der Waals surface area contributed by atoms with Gasteiger partial charge in [-0.05, 0) is 62.3 Å². The largest absolute Gasteiger partial charge is 0.328 e. The van der Waals surface area contributed by atoms with Gasteiger partial charge in [-0.15, -0.1) is 0 Å². The molecule has 0 aliphatic carbocycles. The van der Waals surface area contributed by atoms with E-state index in [1.54, 1.807) is 6.26 Å². The summed E-state index contributed by atoms with van der Waals surface area (Å²) < 4.78 is 0. The van der Waals surface area contributed by atoms with Crippen molar-refractivity contribution in [2.75, 3.05) is 26.0 Å². The molecule has 0 fully saturated rings. The van der Waals surface area contributed by atoms with E-state index in [2.05, 4.69) is 112 Å². The number of unbranched alkanes of at least 4 members (excludes halogenated alkanes) is 5. The Bertz CT molecular complexity index is 296. The Labute approximate surface area is 278 Å². The summed E-state index contributed by atoms with van der Waals surface area (Å²) in [6.45, 7) is 39.8. The molecular formula is C37H95N3OS. The first-order valence-corrected chi connectivity index (χ1v) is 18.4. The van der Waals surface area contributed by atoms with Crippen LogP contribution in [0, 0.1) is 10.8 Å². The normalized spacial score (nSPS) is 9.29. The van der Waals surface area contributed by atoms with Crippen molar-refractivity contribution in [2.45, 2.75) is 208 Å². The molecule has 0 saturated carbocycles. The summed E-state index contributed by atoms with van der Waals surface area (Å²) in [4.78, 5) is 4.19. The first-order chi connectivity index (χ1) is 19.3. The number of nitrogens with two attached hydrogens (primary N) is 2. The molecule has 0 aliphatic rings. The Balaban J connectivity index is -0.0000000462. The molecule has 0 saturated heterocycles. The fraction of sp³-hybridized carbons (Fsp3) is 1.00. The monoisotopic (exact) mass is 630 g/mol. The predicted octanol–water partition coefficient (Wildman–Crippen LogP) is 12.9. The van der Waals surface area contributed by atoms with Crippen molar-refractivity contribution in [3.05, 3.63) is 0 Å². The Morgan fingerprint density at radius 2 is 0.857 bits per heavy atom. The Kier molecular flexibility index (Phi) is 99.3. The van der Waals surface area contributed by atoms with Gasteiger partial charge >= 0.3 is 0 Å².